The van der Waals surface area contributed by atoms with Gasteiger partial charge in [0.25, 0.3) is 5.91 Å². The Kier molecular flexibility index (Phi) is 4.81. The molecule has 1 aromatic carbocycles. The van der Waals surface area contributed by atoms with Gasteiger partial charge in [0.1, 0.15) is 17.1 Å². The standard InChI is InChI=1S/C23H23N3O7/c1-4-8-5-9-6-10-7-11-16(26(2)3)19(29)14(22(25)32)21(31)23(11,33)20(30)13(10)17(27)12(9)18(28)15(8)24/h1,5,10-11,16,27-28,31,33H,6-7,24H2,2-3H3,(H2,25,32). The number of amides is 1. The Morgan fingerprint density at radius 3 is 2.45 bits per heavy atom. The van der Waals surface area contributed by atoms with Gasteiger partial charge < -0.3 is 31.9 Å². The van der Waals surface area contributed by atoms with Crippen LogP contribution in [0.3, 0.4) is 0 Å². The number of carbonyl (C=O) groups excluding carboxylic acids is 3. The Hall–Kier alpha value is -3.81. The second-order valence-corrected chi connectivity index (χ2v) is 8.83. The van der Waals surface area contributed by atoms with E-state index >= 15 is 0 Å². The molecule has 10 heteroatoms. The molecule has 1 fully saturated rings. The van der Waals surface area contributed by atoms with E-state index in [-0.39, 0.29) is 35.2 Å². The van der Waals surface area contributed by atoms with Crippen LogP contribution in [0.4, 0.5) is 5.69 Å². The highest BCUT2D eigenvalue weighted by molar-refractivity contribution is 6.24. The molecule has 0 bridgehead atoms. The number of rotatable bonds is 2. The summed E-state index contributed by atoms with van der Waals surface area (Å²) in [5.74, 6) is -4.87. The number of primary amides is 1. The van der Waals surface area contributed by atoms with E-state index in [9.17, 15) is 34.8 Å². The molecule has 33 heavy (non-hydrogen) atoms. The Balaban J connectivity index is 1.99. The minimum atomic E-state index is -2.68. The molecular weight excluding hydrogens is 430 g/mol. The highest BCUT2D eigenvalue weighted by Gasteiger charge is 2.64. The summed E-state index contributed by atoms with van der Waals surface area (Å²) in [6.07, 6.45) is 5.60. The summed E-state index contributed by atoms with van der Waals surface area (Å²) in [5, 5.41) is 43.8. The summed E-state index contributed by atoms with van der Waals surface area (Å²) < 4.78 is 0. The summed E-state index contributed by atoms with van der Waals surface area (Å²) in [4.78, 5) is 40.0. The van der Waals surface area contributed by atoms with Gasteiger partial charge in [-0.1, -0.05) is 5.92 Å². The number of likely N-dealkylation sites (N-methyl/N-ethyl adjacent to an activating group) is 1. The zero-order valence-corrected chi connectivity index (χ0v) is 17.9. The molecule has 1 aromatic rings. The lowest BCUT2D eigenvalue weighted by atomic mass is 9.57. The van der Waals surface area contributed by atoms with Gasteiger partial charge in [-0.05, 0) is 44.5 Å². The summed E-state index contributed by atoms with van der Waals surface area (Å²) in [7, 11) is 3.07. The van der Waals surface area contributed by atoms with Gasteiger partial charge in [0.2, 0.25) is 5.78 Å². The van der Waals surface area contributed by atoms with Crippen molar-refractivity contribution in [3.05, 3.63) is 39.7 Å². The number of phenolic OH excluding ortho intramolecular Hbond substituents is 1. The van der Waals surface area contributed by atoms with Crippen LogP contribution >= 0.6 is 0 Å². The van der Waals surface area contributed by atoms with Crippen molar-refractivity contribution in [2.75, 3.05) is 19.8 Å². The number of anilines is 1. The number of aromatic hydroxyl groups is 1. The first-order chi connectivity index (χ1) is 15.4. The van der Waals surface area contributed by atoms with E-state index in [4.69, 9.17) is 17.9 Å². The number of Topliss-reactive ketones (excluding diaryl/α,β-unsaturated/α-hetero) is 2. The van der Waals surface area contributed by atoms with Crippen LogP contribution in [0.25, 0.3) is 5.76 Å². The van der Waals surface area contributed by atoms with Gasteiger partial charge >= 0.3 is 0 Å². The van der Waals surface area contributed by atoms with E-state index in [0.717, 1.165) is 0 Å². The summed E-state index contributed by atoms with van der Waals surface area (Å²) >= 11 is 0. The van der Waals surface area contributed by atoms with E-state index in [1.807, 2.05) is 0 Å². The first-order valence-corrected chi connectivity index (χ1v) is 10.1. The van der Waals surface area contributed by atoms with E-state index in [1.165, 1.54) is 25.1 Å². The topological polar surface area (TPSA) is 187 Å². The molecule has 4 rings (SSSR count). The van der Waals surface area contributed by atoms with Crippen molar-refractivity contribution in [1.82, 2.24) is 4.90 Å². The third-order valence-corrected chi connectivity index (χ3v) is 6.91. The number of fused-ring (bicyclic) bond motifs is 3. The minimum absolute atomic E-state index is 0.00227. The smallest absolute Gasteiger partial charge is 0.255 e. The van der Waals surface area contributed by atoms with Crippen LogP contribution in [-0.2, 0) is 20.8 Å². The fraction of sp³-hybridized carbons (Fsp3) is 0.348. The molecule has 0 heterocycles. The molecule has 8 N–H and O–H groups in total. The number of hydrogen-bond acceptors (Lipinski definition) is 9. The third kappa shape index (κ3) is 2.73. The van der Waals surface area contributed by atoms with Crippen LogP contribution in [-0.4, -0.2) is 68.5 Å². The van der Waals surface area contributed by atoms with Crippen molar-refractivity contribution in [3.8, 4) is 18.1 Å². The summed E-state index contributed by atoms with van der Waals surface area (Å²) in [6.45, 7) is 0. The van der Waals surface area contributed by atoms with Gasteiger partial charge in [-0.25, -0.2) is 0 Å². The fourth-order valence-corrected chi connectivity index (χ4v) is 5.43. The van der Waals surface area contributed by atoms with Crippen molar-refractivity contribution < 1.29 is 34.8 Å². The number of nitrogens with two attached hydrogens (primary N) is 2. The minimum Gasteiger partial charge on any atom is -0.508 e. The second kappa shape index (κ2) is 7.10. The Labute approximate surface area is 188 Å². The highest BCUT2D eigenvalue weighted by atomic mass is 16.3. The molecule has 10 nitrogen and oxygen atoms in total. The number of phenols is 1. The van der Waals surface area contributed by atoms with Crippen LogP contribution in [0.1, 0.15) is 23.1 Å². The lowest BCUT2D eigenvalue weighted by Crippen LogP contribution is -2.65. The van der Waals surface area contributed by atoms with Crippen LogP contribution in [0, 0.1) is 24.2 Å². The molecule has 3 aliphatic rings. The van der Waals surface area contributed by atoms with Gasteiger partial charge in [0.15, 0.2) is 17.1 Å². The van der Waals surface area contributed by atoms with Crippen molar-refractivity contribution in [2.45, 2.75) is 24.5 Å². The van der Waals surface area contributed by atoms with Crippen LogP contribution < -0.4 is 11.5 Å². The normalized spacial score (nSPS) is 28.9. The molecule has 3 aliphatic carbocycles. The number of aliphatic hydroxyl groups is 3. The predicted molar refractivity (Wildman–Crippen MR) is 117 cm³/mol. The Bertz CT molecular complexity index is 1250. The number of aliphatic hydroxyl groups excluding tert-OH is 2. The van der Waals surface area contributed by atoms with Crippen molar-refractivity contribution in [3.63, 3.8) is 0 Å². The molecule has 1 amide bonds. The third-order valence-electron chi connectivity index (χ3n) is 6.91. The molecule has 0 spiro atoms. The zero-order chi connectivity index (χ0) is 24.6. The van der Waals surface area contributed by atoms with Crippen molar-refractivity contribution >= 4 is 28.9 Å². The number of carbonyl (C=O) groups is 3. The number of hydrogen-bond donors (Lipinski definition) is 6. The number of nitrogen functional groups attached to an aromatic ring is 1. The zero-order valence-electron chi connectivity index (χ0n) is 17.9. The average molecular weight is 453 g/mol. The molecule has 172 valence electrons. The molecule has 0 aromatic heterocycles. The maximum atomic E-state index is 13.6. The first kappa shape index (κ1) is 22.4. The number of nitrogens with zero attached hydrogens (tertiary/aromatic N) is 1. The van der Waals surface area contributed by atoms with Gasteiger partial charge in [-0.15, -0.1) is 6.42 Å². The van der Waals surface area contributed by atoms with E-state index < -0.39 is 63.8 Å². The molecule has 0 saturated heterocycles. The van der Waals surface area contributed by atoms with Crippen molar-refractivity contribution in [2.24, 2.45) is 17.6 Å². The quantitative estimate of drug-likeness (QED) is 0.149. The Morgan fingerprint density at radius 2 is 1.91 bits per heavy atom. The van der Waals surface area contributed by atoms with Gasteiger partial charge in [0.05, 0.1) is 22.9 Å². The lowest BCUT2D eigenvalue weighted by molar-refractivity contribution is -0.153. The van der Waals surface area contributed by atoms with E-state index in [2.05, 4.69) is 5.92 Å². The summed E-state index contributed by atoms with van der Waals surface area (Å²) in [6, 6.07) is 0.393. The van der Waals surface area contributed by atoms with Crippen LogP contribution in [0.5, 0.6) is 5.75 Å². The summed E-state index contributed by atoms with van der Waals surface area (Å²) in [5.41, 5.74) is 7.76. The Morgan fingerprint density at radius 1 is 1.27 bits per heavy atom. The fourth-order valence-electron chi connectivity index (χ4n) is 5.43. The van der Waals surface area contributed by atoms with Crippen LogP contribution in [0.2, 0.25) is 0 Å². The van der Waals surface area contributed by atoms with Gasteiger partial charge in [-0.2, -0.15) is 0 Å². The van der Waals surface area contributed by atoms with Crippen molar-refractivity contribution in [1.29, 1.82) is 0 Å². The largest absolute Gasteiger partial charge is 0.508 e. The van der Waals surface area contributed by atoms with E-state index in [1.54, 1.807) is 0 Å². The number of terminal acetylenes is 1. The van der Waals surface area contributed by atoms with Crippen LogP contribution in [0.15, 0.2) is 23.0 Å². The van der Waals surface area contributed by atoms with E-state index in [0.29, 0.717) is 5.56 Å². The molecular formula is C23H23N3O7. The maximum absolute atomic E-state index is 13.6. The monoisotopic (exact) mass is 453 g/mol. The first-order valence-electron chi connectivity index (χ1n) is 10.1. The molecule has 1 saturated carbocycles. The molecule has 0 radical (unpaired) electrons. The molecule has 4 atom stereocenters. The lowest BCUT2D eigenvalue weighted by Gasteiger charge is -2.50. The number of ketones is 2. The molecule has 0 aliphatic heterocycles. The number of benzene rings is 1. The second-order valence-electron chi connectivity index (χ2n) is 8.83. The predicted octanol–water partition coefficient (Wildman–Crippen LogP) is -0.473. The SMILES string of the molecule is C#Cc1cc2c(c(O)c1N)C(O)=C1C(=O)C3(O)C(O)=C(C(N)=O)C(=O)C(N(C)C)C3CC1C2. The van der Waals surface area contributed by atoms with Gasteiger partial charge in [0, 0.05) is 11.5 Å². The van der Waals surface area contributed by atoms with Gasteiger partial charge in [-0.3, -0.25) is 19.3 Å². The molecule has 4 unspecified atom stereocenters. The maximum Gasteiger partial charge on any atom is 0.255 e. The average Bonchev–Trinajstić information content (AvgIpc) is 2.72. The highest BCUT2D eigenvalue weighted by Crippen LogP contribution is 2.53.